The minimum atomic E-state index is -0.811. The van der Waals surface area contributed by atoms with Crippen LogP contribution in [0.25, 0.3) is 17.2 Å². The van der Waals surface area contributed by atoms with Gasteiger partial charge in [0.2, 0.25) is 0 Å². The molecule has 1 aliphatic rings. The number of hydrogen-bond acceptors (Lipinski definition) is 3. The van der Waals surface area contributed by atoms with Gasteiger partial charge in [0.25, 0.3) is 0 Å². The fraction of sp³-hybridized carbons (Fsp3) is 0.382. The van der Waals surface area contributed by atoms with Crippen LogP contribution in [-0.2, 0) is 16.6 Å². The van der Waals surface area contributed by atoms with Crippen molar-refractivity contribution >= 4 is 23.8 Å². The van der Waals surface area contributed by atoms with Crippen molar-refractivity contribution in [2.75, 3.05) is 11.5 Å². The lowest BCUT2D eigenvalue weighted by Gasteiger charge is -2.34. The van der Waals surface area contributed by atoms with Crippen LogP contribution in [0.2, 0.25) is 0 Å². The van der Waals surface area contributed by atoms with E-state index in [0.29, 0.717) is 0 Å². The average molecular weight is 529 g/mol. The van der Waals surface area contributed by atoms with Crippen LogP contribution >= 0.6 is 11.8 Å². The first-order valence-electron chi connectivity index (χ1n) is 13.7. The molecule has 0 radical (unpaired) electrons. The summed E-state index contributed by atoms with van der Waals surface area (Å²) in [5.41, 5.74) is 8.59. The van der Waals surface area contributed by atoms with E-state index in [9.17, 15) is 9.90 Å². The van der Waals surface area contributed by atoms with Gasteiger partial charge in [0.05, 0.1) is 12.0 Å². The molecule has 0 aliphatic carbocycles. The number of rotatable bonds is 9. The molecule has 38 heavy (non-hydrogen) atoms. The molecule has 1 saturated heterocycles. The van der Waals surface area contributed by atoms with Crippen LogP contribution in [-0.4, -0.2) is 33.3 Å². The highest BCUT2D eigenvalue weighted by Crippen LogP contribution is 2.41. The minimum Gasteiger partial charge on any atom is -0.481 e. The summed E-state index contributed by atoms with van der Waals surface area (Å²) in [5.74, 6) is 1.22. The van der Waals surface area contributed by atoms with Crippen LogP contribution < -0.4 is 0 Å². The van der Waals surface area contributed by atoms with Gasteiger partial charge in [-0.05, 0) is 95.5 Å². The standard InChI is InChI=1S/C34H40O3S/c1-5-34(6-2,29-12-11-27(24(3)21-29)15-16-33(37)17-19-38-20-18-33)30-13-14-31(25(4)22-30)28-9-7-26(8-10-28)23-32(35)36/h7-16,21-22,37H,5-6,17-20,23H2,1-4H3,(H,35,36)/b16-15+. The van der Waals surface area contributed by atoms with Gasteiger partial charge in [0.15, 0.2) is 0 Å². The molecule has 200 valence electrons. The quantitative estimate of drug-likeness (QED) is 0.296. The van der Waals surface area contributed by atoms with E-state index in [4.69, 9.17) is 5.11 Å². The predicted molar refractivity (Wildman–Crippen MR) is 161 cm³/mol. The fourth-order valence-corrected chi connectivity index (χ4v) is 6.99. The fourth-order valence-electron chi connectivity index (χ4n) is 5.79. The Kier molecular flexibility index (Phi) is 8.85. The van der Waals surface area contributed by atoms with Gasteiger partial charge in [0, 0.05) is 5.41 Å². The summed E-state index contributed by atoms with van der Waals surface area (Å²) in [5, 5.41) is 19.9. The molecule has 0 saturated carbocycles. The van der Waals surface area contributed by atoms with E-state index < -0.39 is 11.6 Å². The summed E-state index contributed by atoms with van der Waals surface area (Å²) >= 11 is 1.92. The number of aliphatic carboxylic acids is 1. The molecule has 4 heteroatoms. The van der Waals surface area contributed by atoms with Crippen LogP contribution in [0, 0.1) is 13.8 Å². The second-order valence-electron chi connectivity index (χ2n) is 10.7. The maximum absolute atomic E-state index is 11.0. The number of carbonyl (C=O) groups is 1. The molecule has 0 amide bonds. The van der Waals surface area contributed by atoms with Gasteiger partial charge >= 0.3 is 5.97 Å². The summed E-state index contributed by atoms with van der Waals surface area (Å²) in [6.07, 6.45) is 7.80. The Bertz CT molecular complexity index is 1300. The van der Waals surface area contributed by atoms with Crippen LogP contribution in [0.4, 0.5) is 0 Å². The first kappa shape index (κ1) is 28.2. The lowest BCUT2D eigenvalue weighted by molar-refractivity contribution is -0.136. The molecule has 1 fully saturated rings. The zero-order valence-corrected chi connectivity index (χ0v) is 23.9. The smallest absolute Gasteiger partial charge is 0.307 e. The van der Waals surface area contributed by atoms with Crippen LogP contribution in [0.15, 0.2) is 66.7 Å². The molecular formula is C34H40O3S. The van der Waals surface area contributed by atoms with E-state index >= 15 is 0 Å². The normalized spacial score (nSPS) is 15.6. The largest absolute Gasteiger partial charge is 0.481 e. The molecule has 4 rings (SSSR count). The van der Waals surface area contributed by atoms with Gasteiger partial charge in [-0.2, -0.15) is 11.8 Å². The van der Waals surface area contributed by atoms with Crippen molar-refractivity contribution in [3.63, 3.8) is 0 Å². The molecule has 0 atom stereocenters. The molecule has 3 aromatic carbocycles. The van der Waals surface area contributed by atoms with Crippen LogP contribution in [0.1, 0.15) is 72.9 Å². The second kappa shape index (κ2) is 11.9. The number of benzene rings is 3. The first-order valence-corrected chi connectivity index (χ1v) is 14.9. The van der Waals surface area contributed by atoms with Gasteiger partial charge in [-0.15, -0.1) is 0 Å². The molecule has 0 bridgehead atoms. The molecule has 0 aromatic heterocycles. The lowest BCUT2D eigenvalue weighted by Crippen LogP contribution is -2.30. The van der Waals surface area contributed by atoms with Crippen molar-refractivity contribution in [3.05, 3.63) is 100 Å². The average Bonchev–Trinajstić information content (AvgIpc) is 2.90. The predicted octanol–water partition coefficient (Wildman–Crippen LogP) is 7.97. The lowest BCUT2D eigenvalue weighted by atomic mass is 9.69. The Morgan fingerprint density at radius 2 is 1.53 bits per heavy atom. The van der Waals surface area contributed by atoms with E-state index in [2.05, 4.69) is 70.2 Å². The number of carboxylic acids is 1. The second-order valence-corrected chi connectivity index (χ2v) is 11.9. The monoisotopic (exact) mass is 528 g/mol. The third-order valence-corrected chi connectivity index (χ3v) is 9.35. The van der Waals surface area contributed by atoms with Crippen molar-refractivity contribution in [3.8, 4) is 11.1 Å². The van der Waals surface area contributed by atoms with Gasteiger partial charge in [-0.1, -0.05) is 86.7 Å². The van der Waals surface area contributed by atoms with E-state index in [1.807, 2.05) is 42.1 Å². The van der Waals surface area contributed by atoms with E-state index in [1.165, 1.54) is 33.4 Å². The minimum absolute atomic E-state index is 0.0434. The number of carboxylic acid groups (broad SMARTS) is 1. The molecule has 0 unspecified atom stereocenters. The highest BCUT2D eigenvalue weighted by Gasteiger charge is 2.31. The van der Waals surface area contributed by atoms with Gasteiger partial charge in [-0.25, -0.2) is 0 Å². The molecule has 2 N–H and O–H groups in total. The molecule has 1 aliphatic heterocycles. The highest BCUT2D eigenvalue weighted by atomic mass is 32.2. The van der Waals surface area contributed by atoms with Gasteiger partial charge < -0.3 is 10.2 Å². The zero-order chi connectivity index (χ0) is 27.3. The summed E-state index contributed by atoms with van der Waals surface area (Å²) in [4.78, 5) is 11.0. The van der Waals surface area contributed by atoms with Crippen molar-refractivity contribution < 1.29 is 15.0 Å². The number of hydrogen-bond donors (Lipinski definition) is 2. The Hall–Kier alpha value is -2.82. The topological polar surface area (TPSA) is 57.5 Å². The third-order valence-electron chi connectivity index (χ3n) is 8.36. The summed E-state index contributed by atoms with van der Waals surface area (Å²) in [7, 11) is 0. The zero-order valence-electron chi connectivity index (χ0n) is 23.1. The molecule has 1 heterocycles. The van der Waals surface area contributed by atoms with Gasteiger partial charge in [-0.3, -0.25) is 4.79 Å². The maximum atomic E-state index is 11.0. The summed E-state index contributed by atoms with van der Waals surface area (Å²) < 4.78 is 0. The first-order chi connectivity index (χ1) is 18.2. The Labute approximate surface area is 232 Å². The molecular weight excluding hydrogens is 488 g/mol. The number of aryl methyl sites for hydroxylation is 2. The Morgan fingerprint density at radius 1 is 0.921 bits per heavy atom. The summed E-state index contributed by atoms with van der Waals surface area (Å²) in [6, 6.07) is 21.5. The highest BCUT2D eigenvalue weighted by molar-refractivity contribution is 7.99. The molecule has 0 spiro atoms. The maximum Gasteiger partial charge on any atom is 0.307 e. The molecule has 3 aromatic rings. The van der Waals surface area contributed by atoms with Crippen LogP contribution in [0.3, 0.4) is 0 Å². The van der Waals surface area contributed by atoms with Crippen molar-refractivity contribution in [2.24, 2.45) is 0 Å². The van der Waals surface area contributed by atoms with Crippen molar-refractivity contribution in [1.82, 2.24) is 0 Å². The van der Waals surface area contributed by atoms with E-state index in [1.54, 1.807) is 0 Å². The third kappa shape index (κ3) is 6.08. The number of thioether (sulfide) groups is 1. The van der Waals surface area contributed by atoms with Crippen molar-refractivity contribution in [2.45, 2.75) is 70.8 Å². The van der Waals surface area contributed by atoms with E-state index in [0.717, 1.165) is 48.3 Å². The summed E-state index contributed by atoms with van der Waals surface area (Å²) in [6.45, 7) is 8.87. The Balaban J connectivity index is 1.63. The van der Waals surface area contributed by atoms with Crippen LogP contribution in [0.5, 0.6) is 0 Å². The number of aliphatic hydroxyl groups is 1. The van der Waals surface area contributed by atoms with Crippen molar-refractivity contribution in [1.29, 1.82) is 0 Å². The Morgan fingerprint density at radius 3 is 2.08 bits per heavy atom. The van der Waals surface area contributed by atoms with Gasteiger partial charge in [0.1, 0.15) is 0 Å². The van der Waals surface area contributed by atoms with E-state index in [-0.39, 0.29) is 11.8 Å². The SMILES string of the molecule is CCC(CC)(c1ccc(/C=C/C2(O)CCSCC2)c(C)c1)c1ccc(-c2ccc(CC(=O)O)cc2)c(C)c1. The molecule has 3 nitrogen and oxygen atoms in total.